The highest BCUT2D eigenvalue weighted by Gasteiger charge is 2.24. The minimum absolute atomic E-state index is 0.425. The minimum atomic E-state index is 0.425. The zero-order valence-corrected chi connectivity index (χ0v) is 39.3. The van der Waals surface area contributed by atoms with Crippen LogP contribution in [0.15, 0.2) is 171 Å². The van der Waals surface area contributed by atoms with E-state index >= 15 is 0 Å². The van der Waals surface area contributed by atoms with E-state index in [9.17, 15) is 0 Å². The van der Waals surface area contributed by atoms with E-state index in [0.717, 1.165) is 43.8 Å². The summed E-state index contributed by atoms with van der Waals surface area (Å²) in [6.45, 7) is 0. The highest BCUT2D eigenvalue weighted by Crippen LogP contribution is 2.41. The second kappa shape index (κ2) is 16.9. The quantitative estimate of drug-likeness (QED) is 0.141. The number of aromatic nitrogens is 12. The van der Waals surface area contributed by atoms with E-state index in [1.165, 1.54) is 0 Å². The van der Waals surface area contributed by atoms with Crippen LogP contribution in [0.4, 0.5) is 0 Å². The fourth-order valence-electron chi connectivity index (χ4n) is 8.73. The molecule has 11 aromatic rings. The molecular weight excluding hydrogens is 905 g/mol. The lowest BCUT2D eigenvalue weighted by atomic mass is 10.1. The molecule has 0 fully saturated rings. The van der Waals surface area contributed by atoms with Crippen molar-refractivity contribution in [3.63, 3.8) is 0 Å². The summed E-state index contributed by atoms with van der Waals surface area (Å²) in [5, 5.41) is 3.09. The Hall–Kier alpha value is -9.96. The monoisotopic (exact) mass is 946 g/mol. The van der Waals surface area contributed by atoms with Gasteiger partial charge in [0, 0.05) is 92.3 Å². The summed E-state index contributed by atoms with van der Waals surface area (Å²) in [6, 6.07) is 38.7. The number of H-pyrrole nitrogens is 2. The van der Waals surface area contributed by atoms with Crippen molar-refractivity contribution >= 4 is 44.1 Å². The molecule has 16 nitrogen and oxygen atoms in total. The molecule has 13 rings (SSSR count). The molecule has 8 bridgehead atoms. The van der Waals surface area contributed by atoms with E-state index in [-0.39, 0.29) is 0 Å². The van der Waals surface area contributed by atoms with Gasteiger partial charge in [0.05, 0.1) is 0 Å². The second-order valence-corrected chi connectivity index (χ2v) is 17.6. The minimum Gasteiger partial charge on any atom is -0.457 e. The van der Waals surface area contributed by atoms with Gasteiger partial charge in [0.1, 0.15) is 96.8 Å². The first-order valence-corrected chi connectivity index (χ1v) is 23.1. The van der Waals surface area contributed by atoms with Gasteiger partial charge in [-0.3, -0.25) is 0 Å². The molecule has 0 aliphatic carbocycles. The Morgan fingerprint density at radius 3 is 0.889 bits per heavy atom. The number of nitrogens with zero attached hydrogens (tertiary/aromatic N) is 10. The Morgan fingerprint density at radius 1 is 0.278 bits per heavy atom. The van der Waals surface area contributed by atoms with E-state index in [1.54, 1.807) is 0 Å². The molecule has 2 aliphatic heterocycles. The number of benzene rings is 4. The zero-order valence-electron chi connectivity index (χ0n) is 39.3. The van der Waals surface area contributed by atoms with Crippen LogP contribution in [0.3, 0.4) is 0 Å². The Kier molecular flexibility index (Phi) is 9.91. The van der Waals surface area contributed by atoms with Gasteiger partial charge in [-0.2, -0.15) is 0 Å². The highest BCUT2D eigenvalue weighted by molar-refractivity contribution is 6.07. The van der Waals surface area contributed by atoms with Crippen LogP contribution in [-0.2, 0) is 28.2 Å². The summed E-state index contributed by atoms with van der Waals surface area (Å²) < 4.78 is 33.4. The number of rotatable bonds is 8. The maximum absolute atomic E-state index is 6.39. The van der Waals surface area contributed by atoms with Crippen molar-refractivity contribution in [3.05, 3.63) is 171 Å². The fraction of sp³-hybridized carbons (Fsp3) is 0.0714. The van der Waals surface area contributed by atoms with Gasteiger partial charge >= 0.3 is 0 Å². The molecule has 2 aliphatic rings. The average Bonchev–Trinajstić information content (AvgIpc) is 4.12. The number of hydrogen-bond acceptors (Lipinski definition) is 10. The highest BCUT2D eigenvalue weighted by atomic mass is 16.5. The number of nitrogens with one attached hydrogen (secondary N) is 2. The van der Waals surface area contributed by atoms with Crippen molar-refractivity contribution in [2.45, 2.75) is 0 Å². The number of pyridine rings is 4. The summed E-state index contributed by atoms with van der Waals surface area (Å²) in [5.41, 5.74) is 5.06. The van der Waals surface area contributed by atoms with Crippen LogP contribution in [-0.4, -0.2) is 39.9 Å². The smallest absolute Gasteiger partial charge is 0.172 e. The number of hydrogen-bond donors (Lipinski definition) is 2. The van der Waals surface area contributed by atoms with E-state index in [2.05, 4.69) is 9.97 Å². The first kappa shape index (κ1) is 42.2. The van der Waals surface area contributed by atoms with Crippen LogP contribution in [0.2, 0.25) is 0 Å². The van der Waals surface area contributed by atoms with E-state index in [1.807, 2.05) is 217 Å². The second-order valence-electron chi connectivity index (χ2n) is 17.6. The molecule has 0 atom stereocenters. The number of ether oxygens (including phenoxy) is 4. The van der Waals surface area contributed by atoms with Crippen LogP contribution < -0.4 is 37.2 Å². The van der Waals surface area contributed by atoms with Crippen molar-refractivity contribution in [2.24, 2.45) is 28.2 Å². The summed E-state index contributed by atoms with van der Waals surface area (Å²) >= 11 is 0. The zero-order chi connectivity index (χ0) is 48.5. The Labute approximate surface area is 410 Å². The standard InChI is InChI=1S/C56H42N12O4/c1-65-21-13-33(14-22-65)69-37-5-9-41-45(29-37)53-57-49(41)62-54-47-31-39(71-35-17-25-67(3)26-18-35)7-11-43(47)51(59-54)64-56-48-32-40(72-36-19-27-68(4)28-20-36)8-12-44(48)52(60-56)63-55-46-30-38(6-10-42(46)50(58-55)61-53)70-34-15-23-66(2)24-16-34/h5-32H,1-4H3,(H2,57,58,59,60,61,62,63,64)/q+4. The van der Waals surface area contributed by atoms with Gasteiger partial charge in [-0.15, -0.1) is 0 Å². The Morgan fingerprint density at radius 2 is 0.556 bits per heavy atom. The van der Waals surface area contributed by atoms with Crippen LogP contribution in [0.1, 0.15) is 0 Å². The molecule has 0 saturated heterocycles. The first-order chi connectivity index (χ1) is 35.2. The van der Waals surface area contributed by atoms with Crippen LogP contribution in [0.25, 0.3) is 89.7 Å². The largest absolute Gasteiger partial charge is 0.457 e. The van der Waals surface area contributed by atoms with Gasteiger partial charge in [-0.25, -0.2) is 48.2 Å². The number of aromatic amines is 2. The molecule has 0 spiro atoms. The van der Waals surface area contributed by atoms with Crippen molar-refractivity contribution in [1.82, 2.24) is 39.9 Å². The van der Waals surface area contributed by atoms with E-state index < -0.39 is 0 Å². The maximum atomic E-state index is 6.39. The lowest BCUT2D eigenvalue weighted by molar-refractivity contribution is -0.671. The molecule has 346 valence electrons. The molecule has 72 heavy (non-hydrogen) atoms. The predicted octanol–water partition coefficient (Wildman–Crippen LogP) is 9.34. The van der Waals surface area contributed by atoms with Gasteiger partial charge in [0.2, 0.25) is 0 Å². The third kappa shape index (κ3) is 7.97. The average molecular weight is 947 g/mol. The van der Waals surface area contributed by atoms with Gasteiger partial charge in [-0.05, 0) is 72.8 Å². The van der Waals surface area contributed by atoms with E-state index in [4.69, 9.17) is 48.9 Å². The molecule has 16 heteroatoms. The van der Waals surface area contributed by atoms with Crippen molar-refractivity contribution in [1.29, 1.82) is 0 Å². The molecule has 0 unspecified atom stereocenters. The normalized spacial score (nSPS) is 11.6. The number of aryl methyl sites for hydroxylation is 4. The summed E-state index contributed by atoms with van der Waals surface area (Å²) in [5.74, 6) is 6.94. The fourth-order valence-corrected chi connectivity index (χ4v) is 8.73. The van der Waals surface area contributed by atoms with Crippen LogP contribution in [0, 0.1) is 0 Å². The number of fused-ring (bicyclic) bond motifs is 20. The van der Waals surface area contributed by atoms with Crippen molar-refractivity contribution < 1.29 is 37.2 Å². The maximum Gasteiger partial charge on any atom is 0.172 e. The molecular formula is C56H42N12O4+4. The van der Waals surface area contributed by atoms with Crippen molar-refractivity contribution in [3.8, 4) is 91.5 Å². The lowest BCUT2D eigenvalue weighted by Crippen LogP contribution is -2.25. The van der Waals surface area contributed by atoms with Gasteiger partial charge in [0.25, 0.3) is 0 Å². The molecule has 0 radical (unpaired) electrons. The third-order valence-corrected chi connectivity index (χ3v) is 12.5. The van der Waals surface area contributed by atoms with Crippen molar-refractivity contribution in [2.75, 3.05) is 0 Å². The van der Waals surface area contributed by atoms with Crippen LogP contribution >= 0.6 is 0 Å². The SMILES string of the molecule is C[n+]1ccc(Oc2ccc3c(c2)-c2nc-3nc3[nH]c(nc4nc(nc5[nH]c(n2)c2ccc(Oc6cc[n+](C)cc6)cc52)-c2ccc(Oc5cc[n+](C)cc5)cc2-4)c2ccc(Oc4cc[n+](C)cc4)cc32)cc1. The lowest BCUT2D eigenvalue weighted by Gasteiger charge is -2.07. The molecule has 0 saturated carbocycles. The molecule has 0 amide bonds. The summed E-state index contributed by atoms with van der Waals surface area (Å²) in [7, 11) is 7.85. The topological polar surface area (TPSA) is 161 Å². The molecule has 7 aromatic heterocycles. The van der Waals surface area contributed by atoms with Gasteiger partial charge in [-0.1, -0.05) is 0 Å². The van der Waals surface area contributed by atoms with Gasteiger partial charge in [0.15, 0.2) is 72.9 Å². The molecule has 4 aromatic carbocycles. The summed E-state index contributed by atoms with van der Waals surface area (Å²) in [4.78, 5) is 38.5. The summed E-state index contributed by atoms with van der Waals surface area (Å²) in [6.07, 6.45) is 15.5. The molecule has 2 N–H and O–H groups in total. The first-order valence-electron chi connectivity index (χ1n) is 23.1. The van der Waals surface area contributed by atoms with Crippen LogP contribution in [0.5, 0.6) is 46.0 Å². The molecule has 9 heterocycles. The van der Waals surface area contributed by atoms with E-state index in [0.29, 0.717) is 91.9 Å². The third-order valence-electron chi connectivity index (χ3n) is 12.5. The Bertz CT molecular complexity index is 3870. The Balaban J connectivity index is 1.06. The van der Waals surface area contributed by atoms with Gasteiger partial charge < -0.3 is 28.9 Å². The predicted molar refractivity (Wildman–Crippen MR) is 267 cm³/mol.